The van der Waals surface area contributed by atoms with Crippen LogP contribution in [-0.2, 0) is 0 Å². The van der Waals surface area contributed by atoms with Crippen molar-refractivity contribution in [3.8, 4) is 22.5 Å². The van der Waals surface area contributed by atoms with Crippen LogP contribution < -0.4 is 0 Å². The van der Waals surface area contributed by atoms with Crippen molar-refractivity contribution >= 4 is 87.5 Å². The van der Waals surface area contributed by atoms with Gasteiger partial charge in [-0.25, -0.2) is 0 Å². The lowest BCUT2D eigenvalue weighted by atomic mass is 9.99. The molecule has 0 bridgehead atoms. The Morgan fingerprint density at radius 1 is 0.308 bits per heavy atom. The third kappa shape index (κ3) is 3.75. The number of aromatic nitrogens is 2. The second-order valence-electron chi connectivity index (χ2n) is 13.7. The molecule has 12 rings (SSSR count). The molecule has 0 aliphatic carbocycles. The van der Waals surface area contributed by atoms with Crippen molar-refractivity contribution in [2.45, 2.75) is 0 Å². The fourth-order valence-electron chi connectivity index (χ4n) is 8.63. The minimum absolute atomic E-state index is 0.887. The second kappa shape index (κ2) is 10.3. The first-order chi connectivity index (χ1) is 25.8. The minimum Gasteiger partial charge on any atom is -0.456 e. The maximum absolute atomic E-state index is 6.70. The van der Waals surface area contributed by atoms with Gasteiger partial charge >= 0.3 is 0 Å². The number of furan rings is 2. The number of rotatable bonds is 3. The van der Waals surface area contributed by atoms with Crippen molar-refractivity contribution in [2.24, 2.45) is 0 Å². The van der Waals surface area contributed by atoms with Gasteiger partial charge in [-0.2, -0.15) is 0 Å². The zero-order valence-corrected chi connectivity index (χ0v) is 27.9. The van der Waals surface area contributed by atoms with E-state index in [9.17, 15) is 0 Å². The Morgan fingerprint density at radius 2 is 0.808 bits per heavy atom. The van der Waals surface area contributed by atoms with E-state index >= 15 is 0 Å². The molecule has 4 nitrogen and oxygen atoms in total. The second-order valence-corrected chi connectivity index (χ2v) is 13.7. The summed E-state index contributed by atoms with van der Waals surface area (Å²) in [6.07, 6.45) is 0. The van der Waals surface area contributed by atoms with Crippen molar-refractivity contribution in [3.05, 3.63) is 170 Å². The van der Waals surface area contributed by atoms with E-state index in [1.807, 2.05) is 18.2 Å². The number of para-hydroxylation sites is 5. The van der Waals surface area contributed by atoms with Crippen LogP contribution in [0, 0.1) is 0 Å². The molecule has 0 unspecified atom stereocenters. The summed E-state index contributed by atoms with van der Waals surface area (Å²) in [5.74, 6) is 0. The van der Waals surface area contributed by atoms with Crippen LogP contribution in [0.2, 0.25) is 0 Å². The first-order valence-corrected chi connectivity index (χ1v) is 17.7. The van der Waals surface area contributed by atoms with Crippen LogP contribution in [0.4, 0.5) is 0 Å². The lowest BCUT2D eigenvalue weighted by Crippen LogP contribution is -1.95. The topological polar surface area (TPSA) is 36.1 Å². The van der Waals surface area contributed by atoms with Crippen molar-refractivity contribution in [2.75, 3.05) is 0 Å². The molecule has 242 valence electrons. The summed E-state index contributed by atoms with van der Waals surface area (Å²) in [6, 6.07) is 60.7. The fourth-order valence-corrected chi connectivity index (χ4v) is 8.63. The van der Waals surface area contributed by atoms with Crippen LogP contribution in [-0.4, -0.2) is 9.13 Å². The molecule has 0 saturated carbocycles. The molecule has 4 aromatic heterocycles. The van der Waals surface area contributed by atoms with Gasteiger partial charge in [-0.3, -0.25) is 0 Å². The molecule has 12 aromatic rings. The first-order valence-electron chi connectivity index (χ1n) is 17.7. The van der Waals surface area contributed by atoms with Gasteiger partial charge in [0.2, 0.25) is 0 Å². The molecule has 0 atom stereocenters. The molecule has 8 aromatic carbocycles. The van der Waals surface area contributed by atoms with E-state index in [1.54, 1.807) is 0 Å². The normalized spacial score (nSPS) is 12.2. The summed E-state index contributed by atoms with van der Waals surface area (Å²) < 4.78 is 17.7. The highest BCUT2D eigenvalue weighted by atomic mass is 16.3. The van der Waals surface area contributed by atoms with Gasteiger partial charge in [-0.15, -0.1) is 0 Å². The molecule has 4 heterocycles. The molecule has 0 spiro atoms. The van der Waals surface area contributed by atoms with Gasteiger partial charge in [0.15, 0.2) is 0 Å². The van der Waals surface area contributed by atoms with Crippen LogP contribution in [0.3, 0.4) is 0 Å². The monoisotopic (exact) mass is 664 g/mol. The van der Waals surface area contributed by atoms with Gasteiger partial charge < -0.3 is 18.0 Å². The van der Waals surface area contributed by atoms with E-state index in [0.29, 0.717) is 0 Å². The van der Waals surface area contributed by atoms with Crippen LogP contribution in [0.25, 0.3) is 110 Å². The molecule has 0 aliphatic rings. The molecule has 0 radical (unpaired) electrons. The van der Waals surface area contributed by atoms with Gasteiger partial charge in [0.05, 0.1) is 22.1 Å². The highest BCUT2D eigenvalue weighted by Crippen LogP contribution is 2.43. The fraction of sp³-hybridized carbons (Fsp3) is 0. The molecule has 0 amide bonds. The molecule has 52 heavy (non-hydrogen) atoms. The molecular weight excluding hydrogens is 637 g/mol. The third-order valence-corrected chi connectivity index (χ3v) is 10.9. The van der Waals surface area contributed by atoms with Crippen LogP contribution in [0.15, 0.2) is 179 Å². The molecule has 0 fully saturated rings. The van der Waals surface area contributed by atoms with Gasteiger partial charge in [0.1, 0.15) is 22.3 Å². The van der Waals surface area contributed by atoms with E-state index in [4.69, 9.17) is 8.83 Å². The van der Waals surface area contributed by atoms with Gasteiger partial charge in [-0.1, -0.05) is 97.1 Å². The van der Waals surface area contributed by atoms with Crippen LogP contribution in [0.5, 0.6) is 0 Å². The quantitative estimate of drug-likeness (QED) is 0.188. The first kappa shape index (κ1) is 27.7. The van der Waals surface area contributed by atoms with Crippen LogP contribution in [0.1, 0.15) is 0 Å². The van der Waals surface area contributed by atoms with E-state index in [1.165, 1.54) is 32.6 Å². The molecule has 0 saturated heterocycles. The standard InChI is InChI=1S/C48H28N2O2/c1-6-16-41-32(11-1)33-12-2-7-17-42(33)50(41)31-27-37(48-40(28-31)36-15-5-10-20-46(36)52-48)29-21-23-44-38(25-29)34-13-3-8-18-43(34)49(44)30-22-24-47-39(26-30)35-14-4-9-19-45(35)51-47/h1-28H. The van der Waals surface area contributed by atoms with E-state index in [0.717, 1.165) is 77.4 Å². The summed E-state index contributed by atoms with van der Waals surface area (Å²) in [7, 11) is 0. The maximum atomic E-state index is 6.70. The van der Waals surface area contributed by atoms with Gasteiger partial charge in [0, 0.05) is 60.0 Å². The molecule has 0 N–H and O–H groups in total. The smallest absolute Gasteiger partial charge is 0.143 e. The van der Waals surface area contributed by atoms with Crippen molar-refractivity contribution in [1.82, 2.24) is 9.13 Å². The summed E-state index contributed by atoms with van der Waals surface area (Å²) in [4.78, 5) is 0. The predicted molar refractivity (Wildman–Crippen MR) is 215 cm³/mol. The lowest BCUT2D eigenvalue weighted by molar-refractivity contribution is 0.669. The highest BCUT2D eigenvalue weighted by molar-refractivity contribution is 6.15. The Kier molecular flexibility index (Phi) is 5.47. The van der Waals surface area contributed by atoms with Gasteiger partial charge in [0.25, 0.3) is 0 Å². The molecule has 0 aliphatic heterocycles. The number of fused-ring (bicyclic) bond motifs is 12. The van der Waals surface area contributed by atoms with Crippen molar-refractivity contribution in [3.63, 3.8) is 0 Å². The SMILES string of the molecule is c1ccc2c(c1)oc1ccc(-n3c4ccccc4c4cc(-c5cc(-n6c7ccccc7c7ccccc76)cc6c5oc5ccccc56)ccc43)cc12. The Labute approximate surface area is 296 Å². The number of hydrogen-bond donors (Lipinski definition) is 0. The third-order valence-electron chi connectivity index (χ3n) is 10.9. The zero-order valence-electron chi connectivity index (χ0n) is 27.9. The maximum Gasteiger partial charge on any atom is 0.143 e. The average Bonchev–Trinajstić information content (AvgIpc) is 3.95. The zero-order chi connectivity index (χ0) is 33.9. The van der Waals surface area contributed by atoms with Crippen molar-refractivity contribution < 1.29 is 8.83 Å². The number of benzene rings is 8. The largest absolute Gasteiger partial charge is 0.456 e. The number of nitrogens with zero attached hydrogens (tertiary/aromatic N) is 2. The van der Waals surface area contributed by atoms with E-state index < -0.39 is 0 Å². The Balaban J connectivity index is 1.14. The Morgan fingerprint density at radius 3 is 1.50 bits per heavy atom. The van der Waals surface area contributed by atoms with Gasteiger partial charge in [-0.05, 0) is 78.4 Å². The molecular formula is C48H28N2O2. The summed E-state index contributed by atoms with van der Waals surface area (Å²) in [6.45, 7) is 0. The van der Waals surface area contributed by atoms with Crippen LogP contribution >= 0.6 is 0 Å². The lowest BCUT2D eigenvalue weighted by Gasteiger charge is -2.12. The molecule has 4 heteroatoms. The predicted octanol–water partition coefficient (Wildman–Crippen LogP) is 13.3. The Bertz CT molecular complexity index is 3370. The number of hydrogen-bond acceptors (Lipinski definition) is 2. The van der Waals surface area contributed by atoms with Crippen molar-refractivity contribution in [1.29, 1.82) is 0 Å². The highest BCUT2D eigenvalue weighted by Gasteiger charge is 2.20. The van der Waals surface area contributed by atoms with E-state index in [-0.39, 0.29) is 0 Å². The summed E-state index contributed by atoms with van der Waals surface area (Å²) in [5.41, 5.74) is 12.6. The van der Waals surface area contributed by atoms with E-state index in [2.05, 4.69) is 161 Å². The Hall–Kier alpha value is -7.04. The average molecular weight is 665 g/mol. The minimum atomic E-state index is 0.887. The summed E-state index contributed by atoms with van der Waals surface area (Å²) in [5, 5.41) is 9.34. The summed E-state index contributed by atoms with van der Waals surface area (Å²) >= 11 is 0.